The first-order chi connectivity index (χ1) is 7.86. The predicted molar refractivity (Wildman–Crippen MR) is 70.4 cm³/mol. The second-order valence-electron chi connectivity index (χ2n) is 4.65. The van der Waals surface area contributed by atoms with E-state index in [1.165, 1.54) is 0 Å². The molecule has 4 heteroatoms. The van der Waals surface area contributed by atoms with E-state index in [9.17, 15) is 4.79 Å². The van der Waals surface area contributed by atoms with Crippen LogP contribution in [-0.2, 0) is 11.2 Å². The Morgan fingerprint density at radius 2 is 2.12 bits per heavy atom. The topological polar surface area (TPSA) is 46.5 Å². The summed E-state index contributed by atoms with van der Waals surface area (Å²) < 4.78 is 6.07. The van der Waals surface area contributed by atoms with E-state index in [-0.39, 0.29) is 0 Å². The minimum Gasteiger partial charge on any atom is -0.497 e. The normalized spacial score (nSPS) is 11.3. The molecule has 0 aromatic heterocycles. The van der Waals surface area contributed by atoms with Crippen molar-refractivity contribution < 1.29 is 14.6 Å². The number of rotatable bonds is 5. The van der Waals surface area contributed by atoms with E-state index in [1.807, 2.05) is 18.2 Å². The molecule has 0 aliphatic heterocycles. The second-order valence-corrected chi connectivity index (χ2v) is 5.50. The van der Waals surface area contributed by atoms with Gasteiger partial charge >= 0.3 is 5.97 Å². The summed E-state index contributed by atoms with van der Waals surface area (Å²) in [6.07, 6.45) is 1.33. The second kappa shape index (κ2) is 5.54. The summed E-state index contributed by atoms with van der Waals surface area (Å²) in [6, 6.07) is 5.73. The highest BCUT2D eigenvalue weighted by molar-refractivity contribution is 9.10. The molecule has 0 aliphatic carbocycles. The lowest BCUT2D eigenvalue weighted by Gasteiger charge is -2.19. The fourth-order valence-electron chi connectivity index (χ4n) is 1.41. The van der Waals surface area contributed by atoms with E-state index in [4.69, 9.17) is 9.84 Å². The quantitative estimate of drug-likeness (QED) is 0.905. The first kappa shape index (κ1) is 14.0. The summed E-state index contributed by atoms with van der Waals surface area (Å²) in [4.78, 5) is 11.0. The van der Waals surface area contributed by atoms with Gasteiger partial charge in [-0.25, -0.2) is 0 Å². The van der Waals surface area contributed by atoms with E-state index < -0.39 is 11.4 Å². The number of hydrogen-bond acceptors (Lipinski definition) is 2. The molecule has 3 nitrogen and oxygen atoms in total. The minimum atomic E-state index is -0.762. The molecule has 0 atom stereocenters. The van der Waals surface area contributed by atoms with Crippen molar-refractivity contribution in [2.24, 2.45) is 5.41 Å². The Hall–Kier alpha value is -1.03. The number of methoxy groups -OCH3 is 1. The molecule has 0 aliphatic rings. The number of hydrogen-bond donors (Lipinski definition) is 1. The third kappa shape index (κ3) is 3.73. The zero-order chi connectivity index (χ0) is 13.1. The summed E-state index contributed by atoms with van der Waals surface area (Å²) >= 11 is 3.47. The van der Waals surface area contributed by atoms with Crippen molar-refractivity contribution >= 4 is 21.9 Å². The van der Waals surface area contributed by atoms with Crippen LogP contribution in [0, 0.1) is 5.41 Å². The third-order valence-electron chi connectivity index (χ3n) is 2.86. The lowest BCUT2D eigenvalue weighted by atomic mass is 9.86. The zero-order valence-electron chi connectivity index (χ0n) is 10.3. The Balaban J connectivity index is 2.73. The number of benzene rings is 1. The van der Waals surface area contributed by atoms with Crippen LogP contribution >= 0.6 is 15.9 Å². The maximum Gasteiger partial charge on any atom is 0.309 e. The molecule has 0 bridgehead atoms. The molecule has 1 aromatic carbocycles. The van der Waals surface area contributed by atoms with Crippen LogP contribution in [0.2, 0.25) is 0 Å². The van der Waals surface area contributed by atoms with Crippen molar-refractivity contribution in [1.29, 1.82) is 0 Å². The van der Waals surface area contributed by atoms with E-state index in [2.05, 4.69) is 15.9 Å². The average Bonchev–Trinajstić information content (AvgIpc) is 2.27. The standard InChI is InChI=1S/C13H17BrO3/c1-13(2,12(15)16)7-6-9-4-5-10(17-3)8-11(9)14/h4-5,8H,6-7H2,1-3H3,(H,15,16). The molecule has 1 N–H and O–H groups in total. The van der Waals surface area contributed by atoms with Crippen LogP contribution in [0.4, 0.5) is 0 Å². The van der Waals surface area contributed by atoms with Crippen molar-refractivity contribution in [2.45, 2.75) is 26.7 Å². The van der Waals surface area contributed by atoms with E-state index >= 15 is 0 Å². The van der Waals surface area contributed by atoms with Crippen molar-refractivity contribution in [1.82, 2.24) is 0 Å². The Morgan fingerprint density at radius 1 is 1.47 bits per heavy atom. The summed E-state index contributed by atoms with van der Waals surface area (Å²) in [5.74, 6) is 0.0280. The molecule has 1 rings (SSSR count). The number of ether oxygens (including phenoxy) is 1. The van der Waals surface area contributed by atoms with Gasteiger partial charge in [-0.15, -0.1) is 0 Å². The van der Waals surface area contributed by atoms with Gasteiger partial charge in [-0.1, -0.05) is 22.0 Å². The summed E-state index contributed by atoms with van der Waals surface area (Å²) in [5, 5.41) is 9.04. The van der Waals surface area contributed by atoms with Crippen LogP contribution in [0.3, 0.4) is 0 Å². The van der Waals surface area contributed by atoms with Crippen molar-refractivity contribution in [3.8, 4) is 5.75 Å². The number of aryl methyl sites for hydroxylation is 1. The van der Waals surface area contributed by atoms with Crippen LogP contribution in [-0.4, -0.2) is 18.2 Å². The summed E-state index contributed by atoms with van der Waals surface area (Å²) in [5.41, 5.74) is 0.402. The number of aliphatic carboxylic acids is 1. The SMILES string of the molecule is COc1ccc(CCC(C)(C)C(=O)O)c(Br)c1. The molecule has 17 heavy (non-hydrogen) atoms. The van der Waals surface area contributed by atoms with Gasteiger partial charge in [-0.2, -0.15) is 0 Å². The first-order valence-corrected chi connectivity index (χ1v) is 6.22. The highest BCUT2D eigenvalue weighted by Crippen LogP contribution is 2.28. The molecule has 0 unspecified atom stereocenters. The Kier molecular flexibility index (Phi) is 4.57. The molecule has 0 amide bonds. The molecule has 0 fully saturated rings. The third-order valence-corrected chi connectivity index (χ3v) is 3.60. The summed E-state index contributed by atoms with van der Waals surface area (Å²) in [6.45, 7) is 3.49. The smallest absolute Gasteiger partial charge is 0.309 e. The Morgan fingerprint density at radius 3 is 2.59 bits per heavy atom. The Labute approximate surface area is 110 Å². The summed E-state index contributed by atoms with van der Waals surface area (Å²) in [7, 11) is 1.62. The van der Waals surface area contributed by atoms with E-state index in [1.54, 1.807) is 21.0 Å². The van der Waals surface area contributed by atoms with Crippen molar-refractivity contribution in [2.75, 3.05) is 7.11 Å². The average molecular weight is 301 g/mol. The predicted octanol–water partition coefficient (Wildman–Crippen LogP) is 3.50. The van der Waals surface area contributed by atoms with Gasteiger partial charge in [0.15, 0.2) is 0 Å². The van der Waals surface area contributed by atoms with Crippen LogP contribution < -0.4 is 4.74 Å². The monoisotopic (exact) mass is 300 g/mol. The van der Waals surface area contributed by atoms with Crippen LogP contribution in [0.1, 0.15) is 25.8 Å². The number of carboxylic acid groups (broad SMARTS) is 1. The molecule has 0 heterocycles. The maximum absolute atomic E-state index is 11.0. The fourth-order valence-corrected chi connectivity index (χ4v) is 1.97. The molecule has 0 radical (unpaired) electrons. The van der Waals surface area contributed by atoms with E-state index in [0.29, 0.717) is 6.42 Å². The van der Waals surface area contributed by atoms with Gasteiger partial charge in [-0.3, -0.25) is 4.79 Å². The van der Waals surface area contributed by atoms with Crippen molar-refractivity contribution in [3.05, 3.63) is 28.2 Å². The number of halogens is 1. The Bertz CT molecular complexity index is 413. The van der Waals surface area contributed by atoms with E-state index in [0.717, 1.165) is 22.2 Å². The lowest BCUT2D eigenvalue weighted by molar-refractivity contribution is -0.147. The number of carbonyl (C=O) groups is 1. The number of carboxylic acids is 1. The molecule has 0 spiro atoms. The lowest BCUT2D eigenvalue weighted by Crippen LogP contribution is -2.24. The molecule has 94 valence electrons. The van der Waals surface area contributed by atoms with Crippen molar-refractivity contribution in [3.63, 3.8) is 0 Å². The van der Waals surface area contributed by atoms with Gasteiger partial charge in [0.2, 0.25) is 0 Å². The molecule has 0 saturated heterocycles. The van der Waals surface area contributed by atoms with Gasteiger partial charge in [-0.05, 0) is 44.4 Å². The van der Waals surface area contributed by atoms with Crippen LogP contribution in [0.25, 0.3) is 0 Å². The van der Waals surface area contributed by atoms with Gasteiger partial charge in [0.05, 0.1) is 12.5 Å². The highest BCUT2D eigenvalue weighted by Gasteiger charge is 2.26. The largest absolute Gasteiger partial charge is 0.497 e. The first-order valence-electron chi connectivity index (χ1n) is 5.42. The van der Waals surface area contributed by atoms with Gasteiger partial charge < -0.3 is 9.84 Å². The van der Waals surface area contributed by atoms with Gasteiger partial charge in [0, 0.05) is 4.47 Å². The van der Waals surface area contributed by atoms with Gasteiger partial charge in [0.1, 0.15) is 5.75 Å². The van der Waals surface area contributed by atoms with Crippen LogP contribution in [0.15, 0.2) is 22.7 Å². The van der Waals surface area contributed by atoms with Gasteiger partial charge in [0.25, 0.3) is 0 Å². The molecular formula is C13H17BrO3. The molecule has 1 aromatic rings. The fraction of sp³-hybridized carbons (Fsp3) is 0.462. The zero-order valence-corrected chi connectivity index (χ0v) is 11.9. The molecule has 0 saturated carbocycles. The maximum atomic E-state index is 11.0. The van der Waals surface area contributed by atoms with Crippen LogP contribution in [0.5, 0.6) is 5.75 Å². The highest BCUT2D eigenvalue weighted by atomic mass is 79.9. The molecular weight excluding hydrogens is 284 g/mol. The minimum absolute atomic E-state index is 0.604.